The first kappa shape index (κ1) is 21.0. The Labute approximate surface area is 187 Å². The van der Waals surface area contributed by atoms with Crippen LogP contribution in [0.15, 0.2) is 30.3 Å². The average Bonchev–Trinajstić information content (AvgIpc) is 3.08. The summed E-state index contributed by atoms with van der Waals surface area (Å²) < 4.78 is 0. The van der Waals surface area contributed by atoms with Gasteiger partial charge in [-0.3, -0.25) is 9.59 Å². The monoisotopic (exact) mass is 422 g/mol. The first-order valence-electron chi connectivity index (χ1n) is 12.4. The van der Waals surface area contributed by atoms with Crippen LogP contribution in [0.5, 0.6) is 0 Å². The molecule has 0 radical (unpaired) electrons. The number of nitrogens with zero attached hydrogens (tertiary/aromatic N) is 1. The molecule has 4 heteroatoms. The molecule has 3 saturated carbocycles. The van der Waals surface area contributed by atoms with Crippen molar-refractivity contribution in [3.05, 3.63) is 30.3 Å². The minimum atomic E-state index is 0.170. The van der Waals surface area contributed by atoms with Crippen molar-refractivity contribution < 1.29 is 9.59 Å². The standard InChI is InChI=1S/C27H38N2O2/c1-26-15-13-22-20(10-12-23-27(22,2)16-14-25(31)29(23)3)21(26)11-9-18(26)17-24(30)28-19-7-5-4-6-8-19/h4-8,18,20-23H,9-17H2,1-3H3,(H,28,30)/t18-,20+,21+,22+,23-,26-,27-/m1/s1. The third-order valence-electron chi connectivity index (χ3n) is 10.2. The lowest BCUT2D eigenvalue weighted by Crippen LogP contribution is -2.61. The molecule has 1 aromatic carbocycles. The lowest BCUT2D eigenvalue weighted by Gasteiger charge is -2.61. The van der Waals surface area contributed by atoms with E-state index in [0.717, 1.165) is 42.7 Å². The molecule has 0 unspecified atom stereocenters. The first-order valence-corrected chi connectivity index (χ1v) is 12.4. The summed E-state index contributed by atoms with van der Waals surface area (Å²) in [7, 11) is 2.04. The number of benzene rings is 1. The van der Waals surface area contributed by atoms with E-state index >= 15 is 0 Å². The third-order valence-corrected chi connectivity index (χ3v) is 10.2. The second-order valence-corrected chi connectivity index (χ2v) is 11.4. The Morgan fingerprint density at radius 3 is 2.52 bits per heavy atom. The number of carbonyl (C=O) groups excluding carboxylic acids is 2. The molecule has 2 amide bonds. The van der Waals surface area contributed by atoms with Crippen LogP contribution in [0.4, 0.5) is 5.69 Å². The van der Waals surface area contributed by atoms with Crippen molar-refractivity contribution in [3.8, 4) is 0 Å². The van der Waals surface area contributed by atoms with Crippen LogP contribution in [0.2, 0.25) is 0 Å². The number of para-hydroxylation sites is 1. The lowest BCUT2D eigenvalue weighted by atomic mass is 9.46. The highest BCUT2D eigenvalue weighted by Gasteiger charge is 2.61. The lowest BCUT2D eigenvalue weighted by molar-refractivity contribution is -0.158. The van der Waals surface area contributed by atoms with Gasteiger partial charge in [0.1, 0.15) is 0 Å². The fraction of sp³-hybridized carbons (Fsp3) is 0.704. The molecular weight excluding hydrogens is 384 g/mol. The van der Waals surface area contributed by atoms with Gasteiger partial charge in [-0.2, -0.15) is 0 Å². The van der Waals surface area contributed by atoms with Gasteiger partial charge in [0.05, 0.1) is 0 Å². The van der Waals surface area contributed by atoms with Crippen molar-refractivity contribution in [1.82, 2.24) is 4.90 Å². The third kappa shape index (κ3) is 3.32. The second-order valence-electron chi connectivity index (χ2n) is 11.4. The molecular formula is C27H38N2O2. The molecule has 0 aromatic heterocycles. The number of nitrogens with one attached hydrogen (secondary N) is 1. The summed E-state index contributed by atoms with van der Waals surface area (Å²) in [5.41, 5.74) is 1.46. The number of hydrogen-bond acceptors (Lipinski definition) is 2. The number of fused-ring (bicyclic) bond motifs is 5. The van der Waals surface area contributed by atoms with E-state index in [1.165, 1.54) is 32.1 Å². The smallest absolute Gasteiger partial charge is 0.224 e. The first-order chi connectivity index (χ1) is 14.8. The summed E-state index contributed by atoms with van der Waals surface area (Å²) in [6.45, 7) is 4.98. The Morgan fingerprint density at radius 1 is 1.00 bits per heavy atom. The summed E-state index contributed by atoms with van der Waals surface area (Å²) in [5, 5.41) is 3.11. The molecule has 4 nitrogen and oxygen atoms in total. The van der Waals surface area contributed by atoms with Gasteiger partial charge in [-0.05, 0) is 91.6 Å². The van der Waals surface area contributed by atoms with Crippen LogP contribution in [0, 0.1) is 34.5 Å². The van der Waals surface area contributed by atoms with Gasteiger partial charge in [0.15, 0.2) is 0 Å². The molecule has 7 atom stereocenters. The minimum Gasteiger partial charge on any atom is -0.342 e. The number of rotatable bonds is 3. The number of carbonyl (C=O) groups is 2. The number of amides is 2. The van der Waals surface area contributed by atoms with E-state index < -0.39 is 0 Å². The Morgan fingerprint density at radius 2 is 1.74 bits per heavy atom. The molecule has 31 heavy (non-hydrogen) atoms. The molecule has 4 aliphatic rings. The van der Waals surface area contributed by atoms with Gasteiger partial charge < -0.3 is 10.2 Å². The molecule has 4 fully saturated rings. The zero-order valence-electron chi connectivity index (χ0n) is 19.4. The van der Waals surface area contributed by atoms with Gasteiger partial charge in [0, 0.05) is 31.6 Å². The van der Waals surface area contributed by atoms with Gasteiger partial charge >= 0.3 is 0 Å². The van der Waals surface area contributed by atoms with Crippen molar-refractivity contribution in [2.24, 2.45) is 34.5 Å². The summed E-state index contributed by atoms with van der Waals surface area (Å²) in [5.74, 6) is 3.24. The zero-order valence-corrected chi connectivity index (χ0v) is 19.4. The van der Waals surface area contributed by atoms with Crippen LogP contribution in [0.1, 0.15) is 71.6 Å². The topological polar surface area (TPSA) is 49.4 Å². The molecule has 0 bridgehead atoms. The number of hydrogen-bond donors (Lipinski definition) is 1. The Bertz CT molecular complexity index is 854. The van der Waals surface area contributed by atoms with Crippen molar-refractivity contribution >= 4 is 17.5 Å². The van der Waals surface area contributed by atoms with E-state index in [-0.39, 0.29) is 16.7 Å². The van der Waals surface area contributed by atoms with Crippen molar-refractivity contribution in [2.75, 3.05) is 12.4 Å². The summed E-state index contributed by atoms with van der Waals surface area (Å²) >= 11 is 0. The summed E-state index contributed by atoms with van der Waals surface area (Å²) in [4.78, 5) is 27.3. The van der Waals surface area contributed by atoms with Crippen LogP contribution in [0.25, 0.3) is 0 Å². The predicted octanol–water partition coefficient (Wildman–Crippen LogP) is 5.49. The Kier molecular flexibility index (Phi) is 5.18. The number of likely N-dealkylation sites (tertiary alicyclic amines) is 1. The fourth-order valence-electron chi connectivity index (χ4n) is 8.55. The highest BCUT2D eigenvalue weighted by atomic mass is 16.2. The van der Waals surface area contributed by atoms with E-state index in [2.05, 4.69) is 24.1 Å². The maximum absolute atomic E-state index is 12.8. The van der Waals surface area contributed by atoms with E-state index in [4.69, 9.17) is 0 Å². The largest absolute Gasteiger partial charge is 0.342 e. The van der Waals surface area contributed by atoms with E-state index in [9.17, 15) is 9.59 Å². The quantitative estimate of drug-likeness (QED) is 0.700. The van der Waals surface area contributed by atoms with Crippen LogP contribution >= 0.6 is 0 Å². The zero-order chi connectivity index (χ0) is 21.8. The molecule has 1 heterocycles. The second kappa shape index (κ2) is 7.64. The normalized spacial score (nSPS) is 41.8. The Hall–Kier alpha value is -1.84. The Balaban J connectivity index is 1.30. The van der Waals surface area contributed by atoms with Crippen LogP contribution in [-0.4, -0.2) is 29.8 Å². The number of piperidine rings is 1. The molecule has 1 aromatic rings. The summed E-state index contributed by atoms with van der Waals surface area (Å²) in [6.07, 6.45) is 9.81. The number of anilines is 1. The van der Waals surface area contributed by atoms with E-state index in [0.29, 0.717) is 24.3 Å². The van der Waals surface area contributed by atoms with Gasteiger partial charge in [-0.15, -0.1) is 0 Å². The van der Waals surface area contributed by atoms with Gasteiger partial charge in [-0.25, -0.2) is 0 Å². The maximum atomic E-state index is 12.8. The van der Waals surface area contributed by atoms with Gasteiger partial charge in [0.25, 0.3) is 0 Å². The molecule has 168 valence electrons. The molecule has 1 N–H and O–H groups in total. The van der Waals surface area contributed by atoms with Gasteiger partial charge in [-0.1, -0.05) is 32.0 Å². The van der Waals surface area contributed by atoms with Crippen molar-refractivity contribution in [2.45, 2.75) is 77.7 Å². The van der Waals surface area contributed by atoms with Crippen molar-refractivity contribution in [1.29, 1.82) is 0 Å². The molecule has 1 aliphatic heterocycles. The SMILES string of the molecule is CN1C(=O)CC[C@]2(C)[C@H]3CC[C@]4(C)[C@@H](CC(=O)Nc5ccccc5)CC[C@H]4[C@@H]3CC[C@@H]12. The summed E-state index contributed by atoms with van der Waals surface area (Å²) in [6, 6.07) is 10.3. The molecule has 0 spiro atoms. The minimum absolute atomic E-state index is 0.170. The molecule has 1 saturated heterocycles. The highest BCUT2D eigenvalue weighted by Crippen LogP contribution is 2.66. The van der Waals surface area contributed by atoms with Crippen LogP contribution in [-0.2, 0) is 9.59 Å². The fourth-order valence-corrected chi connectivity index (χ4v) is 8.55. The predicted molar refractivity (Wildman–Crippen MR) is 123 cm³/mol. The van der Waals surface area contributed by atoms with E-state index in [1.54, 1.807) is 0 Å². The van der Waals surface area contributed by atoms with Crippen LogP contribution < -0.4 is 5.32 Å². The van der Waals surface area contributed by atoms with Crippen molar-refractivity contribution in [3.63, 3.8) is 0 Å². The molecule has 5 rings (SSSR count). The van der Waals surface area contributed by atoms with Gasteiger partial charge in [0.2, 0.25) is 11.8 Å². The van der Waals surface area contributed by atoms with Crippen LogP contribution in [0.3, 0.4) is 0 Å². The van der Waals surface area contributed by atoms with E-state index in [1.807, 2.05) is 37.4 Å². The molecule has 3 aliphatic carbocycles. The average molecular weight is 423 g/mol. The maximum Gasteiger partial charge on any atom is 0.224 e. The highest BCUT2D eigenvalue weighted by molar-refractivity contribution is 5.90.